The summed E-state index contributed by atoms with van der Waals surface area (Å²) in [6, 6.07) is 9.79. The average molecular weight is 324 g/mol. The van der Waals surface area contributed by atoms with Crippen LogP contribution in [0.25, 0.3) is 0 Å². The van der Waals surface area contributed by atoms with E-state index in [1.54, 1.807) is 0 Å². The highest BCUT2D eigenvalue weighted by Gasteiger charge is 2.10. The molecule has 0 bridgehead atoms. The molecule has 1 aromatic heterocycles. The maximum Gasteiger partial charge on any atom is 0.256 e. The van der Waals surface area contributed by atoms with E-state index in [-0.39, 0.29) is 5.91 Å². The second kappa shape index (κ2) is 6.16. The summed E-state index contributed by atoms with van der Waals surface area (Å²) >= 11 is 4.88. The number of halogens is 1. The molecular weight excluding hydrogens is 310 g/mol. The number of para-hydroxylation sites is 1. The number of anilines is 1. The highest BCUT2D eigenvalue weighted by atomic mass is 79.9. The van der Waals surface area contributed by atoms with Crippen LogP contribution in [0.3, 0.4) is 0 Å². The number of aryl methyl sites for hydroxylation is 1. The highest BCUT2D eigenvalue weighted by Crippen LogP contribution is 2.23. The van der Waals surface area contributed by atoms with E-state index >= 15 is 0 Å². The number of hydrogen-bond donors (Lipinski definition) is 1. The number of carbonyl (C=O) groups is 1. The Morgan fingerprint density at radius 2 is 2.17 bits per heavy atom. The van der Waals surface area contributed by atoms with E-state index in [9.17, 15) is 4.79 Å². The Kier molecular flexibility index (Phi) is 4.55. The first-order valence-corrected chi connectivity index (χ1v) is 7.51. The molecule has 1 aromatic carbocycles. The summed E-state index contributed by atoms with van der Waals surface area (Å²) in [5.74, 6) is -0.0551. The number of nitrogens with one attached hydrogen (secondary N) is 1. The molecule has 1 heterocycles. The van der Waals surface area contributed by atoms with Gasteiger partial charge in [0.05, 0.1) is 9.35 Å². The summed E-state index contributed by atoms with van der Waals surface area (Å²) in [5.41, 5.74) is 2.78. The number of rotatable bonds is 4. The molecule has 0 unspecified atom stereocenters. The van der Waals surface area contributed by atoms with Gasteiger partial charge in [-0.1, -0.05) is 31.5 Å². The molecule has 0 saturated carbocycles. The Balaban J connectivity index is 2.16. The summed E-state index contributed by atoms with van der Waals surface area (Å²) in [5, 5.41) is 4.82. The SMILES string of the molecule is CCCc1ccccc1NC(=O)c1csc(Br)c1. The highest BCUT2D eigenvalue weighted by molar-refractivity contribution is 9.11. The Labute approximate surface area is 119 Å². The fraction of sp³-hybridized carbons (Fsp3) is 0.214. The summed E-state index contributed by atoms with van der Waals surface area (Å²) in [6.45, 7) is 2.13. The molecule has 1 N–H and O–H groups in total. The van der Waals surface area contributed by atoms with Crippen LogP contribution < -0.4 is 5.32 Å². The Morgan fingerprint density at radius 3 is 2.83 bits per heavy atom. The Bertz CT molecular complexity index is 550. The van der Waals surface area contributed by atoms with E-state index in [1.165, 1.54) is 16.9 Å². The number of thiophene rings is 1. The zero-order valence-electron chi connectivity index (χ0n) is 10.1. The van der Waals surface area contributed by atoms with Crippen molar-refractivity contribution in [3.8, 4) is 0 Å². The van der Waals surface area contributed by atoms with E-state index < -0.39 is 0 Å². The molecular formula is C14H14BrNOS. The van der Waals surface area contributed by atoms with Crippen molar-refractivity contribution in [3.05, 3.63) is 50.6 Å². The van der Waals surface area contributed by atoms with Crippen molar-refractivity contribution in [2.24, 2.45) is 0 Å². The van der Waals surface area contributed by atoms with Gasteiger partial charge in [-0.05, 0) is 40.0 Å². The molecule has 0 aliphatic carbocycles. The Hall–Kier alpha value is -1.13. The first-order chi connectivity index (χ1) is 8.70. The van der Waals surface area contributed by atoms with Crippen molar-refractivity contribution < 1.29 is 4.79 Å². The van der Waals surface area contributed by atoms with Gasteiger partial charge in [-0.15, -0.1) is 11.3 Å². The molecule has 0 atom stereocenters. The second-order valence-electron chi connectivity index (χ2n) is 4.00. The molecule has 18 heavy (non-hydrogen) atoms. The van der Waals surface area contributed by atoms with Gasteiger partial charge in [-0.25, -0.2) is 0 Å². The third-order valence-electron chi connectivity index (χ3n) is 2.61. The van der Waals surface area contributed by atoms with Crippen LogP contribution in [0.2, 0.25) is 0 Å². The van der Waals surface area contributed by atoms with Crippen molar-refractivity contribution in [2.75, 3.05) is 5.32 Å². The lowest BCUT2D eigenvalue weighted by Gasteiger charge is -2.09. The van der Waals surface area contributed by atoms with Crippen LogP contribution in [-0.4, -0.2) is 5.91 Å². The third kappa shape index (κ3) is 3.21. The summed E-state index contributed by atoms with van der Waals surface area (Å²) < 4.78 is 0.967. The molecule has 1 amide bonds. The lowest BCUT2D eigenvalue weighted by atomic mass is 10.1. The van der Waals surface area contributed by atoms with Gasteiger partial charge in [0.2, 0.25) is 0 Å². The lowest BCUT2D eigenvalue weighted by molar-refractivity contribution is 0.102. The zero-order chi connectivity index (χ0) is 13.0. The molecule has 94 valence electrons. The van der Waals surface area contributed by atoms with Gasteiger partial charge in [0.25, 0.3) is 5.91 Å². The van der Waals surface area contributed by atoms with Crippen molar-refractivity contribution in [1.29, 1.82) is 0 Å². The average Bonchev–Trinajstić information content (AvgIpc) is 2.79. The molecule has 0 aliphatic rings. The van der Waals surface area contributed by atoms with Crippen LogP contribution in [-0.2, 0) is 6.42 Å². The van der Waals surface area contributed by atoms with Crippen LogP contribution in [0.1, 0.15) is 29.3 Å². The van der Waals surface area contributed by atoms with E-state index in [2.05, 4.69) is 34.2 Å². The summed E-state index contributed by atoms with van der Waals surface area (Å²) in [4.78, 5) is 12.1. The second-order valence-corrected chi connectivity index (χ2v) is 6.29. The van der Waals surface area contributed by atoms with Crippen LogP contribution in [0, 0.1) is 0 Å². The van der Waals surface area contributed by atoms with E-state index in [4.69, 9.17) is 0 Å². The fourth-order valence-electron chi connectivity index (χ4n) is 1.75. The van der Waals surface area contributed by atoms with Crippen LogP contribution in [0.15, 0.2) is 39.5 Å². The third-order valence-corrected chi connectivity index (χ3v) is 4.12. The molecule has 2 aromatic rings. The van der Waals surface area contributed by atoms with Gasteiger partial charge < -0.3 is 5.32 Å². The standard InChI is InChI=1S/C14H14BrNOS/c1-2-5-10-6-3-4-7-12(10)16-14(17)11-8-13(15)18-9-11/h3-4,6-9H,2,5H2,1H3,(H,16,17). The van der Waals surface area contributed by atoms with Gasteiger partial charge in [0.1, 0.15) is 0 Å². The number of benzene rings is 1. The topological polar surface area (TPSA) is 29.1 Å². The largest absolute Gasteiger partial charge is 0.322 e. The zero-order valence-corrected chi connectivity index (χ0v) is 12.5. The smallest absolute Gasteiger partial charge is 0.256 e. The van der Waals surface area contributed by atoms with Crippen molar-refractivity contribution >= 4 is 38.9 Å². The molecule has 2 rings (SSSR count). The number of amides is 1. The Morgan fingerprint density at radius 1 is 1.39 bits per heavy atom. The minimum atomic E-state index is -0.0551. The molecule has 4 heteroatoms. The normalized spacial score (nSPS) is 10.3. The summed E-state index contributed by atoms with van der Waals surface area (Å²) in [7, 11) is 0. The summed E-state index contributed by atoms with van der Waals surface area (Å²) in [6.07, 6.45) is 2.04. The first kappa shape index (κ1) is 13.3. The van der Waals surface area contributed by atoms with E-state index in [0.29, 0.717) is 5.56 Å². The maximum atomic E-state index is 12.1. The van der Waals surface area contributed by atoms with Crippen molar-refractivity contribution in [1.82, 2.24) is 0 Å². The molecule has 0 aliphatic heterocycles. The number of hydrogen-bond acceptors (Lipinski definition) is 2. The predicted molar refractivity (Wildman–Crippen MR) is 80.4 cm³/mol. The van der Waals surface area contributed by atoms with Gasteiger partial charge in [0.15, 0.2) is 0 Å². The molecule has 0 saturated heterocycles. The van der Waals surface area contributed by atoms with Gasteiger partial charge in [0, 0.05) is 11.1 Å². The van der Waals surface area contributed by atoms with E-state index in [1.807, 2.05) is 29.6 Å². The number of carbonyl (C=O) groups excluding carboxylic acids is 1. The van der Waals surface area contributed by atoms with Gasteiger partial charge in [-0.2, -0.15) is 0 Å². The molecule has 0 fully saturated rings. The first-order valence-electron chi connectivity index (χ1n) is 5.84. The molecule has 2 nitrogen and oxygen atoms in total. The van der Waals surface area contributed by atoms with Crippen LogP contribution >= 0.6 is 27.3 Å². The van der Waals surface area contributed by atoms with Crippen LogP contribution in [0.5, 0.6) is 0 Å². The monoisotopic (exact) mass is 323 g/mol. The van der Waals surface area contributed by atoms with E-state index in [0.717, 1.165) is 22.3 Å². The fourth-order valence-corrected chi connectivity index (χ4v) is 2.89. The maximum absolute atomic E-state index is 12.1. The van der Waals surface area contributed by atoms with Gasteiger partial charge >= 0.3 is 0 Å². The molecule has 0 radical (unpaired) electrons. The molecule has 0 spiro atoms. The van der Waals surface area contributed by atoms with Crippen molar-refractivity contribution in [2.45, 2.75) is 19.8 Å². The van der Waals surface area contributed by atoms with Crippen molar-refractivity contribution in [3.63, 3.8) is 0 Å². The predicted octanol–water partition coefficient (Wildman–Crippen LogP) is 4.72. The van der Waals surface area contributed by atoms with Crippen LogP contribution in [0.4, 0.5) is 5.69 Å². The quantitative estimate of drug-likeness (QED) is 0.866. The minimum absolute atomic E-state index is 0.0551. The lowest BCUT2D eigenvalue weighted by Crippen LogP contribution is -2.12. The minimum Gasteiger partial charge on any atom is -0.322 e. The van der Waals surface area contributed by atoms with Gasteiger partial charge in [-0.3, -0.25) is 4.79 Å².